The first-order valence-electron chi connectivity index (χ1n) is 8.32. The second-order valence-electron chi connectivity index (χ2n) is 6.34. The van der Waals surface area contributed by atoms with Gasteiger partial charge in [-0.1, -0.05) is 24.2 Å². The van der Waals surface area contributed by atoms with Crippen molar-refractivity contribution in [3.05, 3.63) is 60.0 Å². The minimum Gasteiger partial charge on any atom is -0.382 e. The molecule has 7 heteroatoms. The SMILES string of the molecule is C=C(C)c1nc(-c2cc(Cl)c3ncccc3c2)c(-c2ccn(C)n2)nc1N. The van der Waals surface area contributed by atoms with E-state index in [-0.39, 0.29) is 0 Å². The van der Waals surface area contributed by atoms with E-state index in [1.54, 1.807) is 10.9 Å². The molecule has 0 atom stereocenters. The fraction of sp³-hybridized carbons (Fsp3) is 0.100. The molecular formula is C20H17ClN6. The lowest BCUT2D eigenvalue weighted by Gasteiger charge is -2.12. The van der Waals surface area contributed by atoms with Gasteiger partial charge in [-0.2, -0.15) is 5.10 Å². The topological polar surface area (TPSA) is 82.5 Å². The van der Waals surface area contributed by atoms with Crippen molar-refractivity contribution in [2.24, 2.45) is 7.05 Å². The summed E-state index contributed by atoms with van der Waals surface area (Å²) in [6.45, 7) is 5.81. The molecule has 1 aromatic carbocycles. The van der Waals surface area contributed by atoms with Gasteiger partial charge in [0.1, 0.15) is 17.1 Å². The van der Waals surface area contributed by atoms with Gasteiger partial charge in [-0.05, 0) is 36.8 Å². The Morgan fingerprint density at radius 1 is 1.19 bits per heavy atom. The van der Waals surface area contributed by atoms with Gasteiger partial charge in [-0.3, -0.25) is 9.67 Å². The number of nitrogens with zero attached hydrogens (tertiary/aromatic N) is 5. The number of anilines is 1. The van der Waals surface area contributed by atoms with Gasteiger partial charge in [0, 0.05) is 30.4 Å². The summed E-state index contributed by atoms with van der Waals surface area (Å²) in [7, 11) is 1.85. The van der Waals surface area contributed by atoms with E-state index < -0.39 is 0 Å². The zero-order valence-corrected chi connectivity index (χ0v) is 15.7. The second kappa shape index (κ2) is 6.48. The predicted octanol–water partition coefficient (Wildman–Crippen LogP) is 4.36. The predicted molar refractivity (Wildman–Crippen MR) is 109 cm³/mol. The summed E-state index contributed by atoms with van der Waals surface area (Å²) in [5.74, 6) is 0.320. The highest BCUT2D eigenvalue weighted by Crippen LogP contribution is 2.35. The Morgan fingerprint density at radius 3 is 2.70 bits per heavy atom. The van der Waals surface area contributed by atoms with Crippen molar-refractivity contribution in [3.8, 4) is 22.6 Å². The van der Waals surface area contributed by atoms with Gasteiger partial charge in [-0.15, -0.1) is 0 Å². The van der Waals surface area contributed by atoms with Gasteiger partial charge < -0.3 is 5.73 Å². The largest absolute Gasteiger partial charge is 0.382 e. The molecule has 2 N–H and O–H groups in total. The number of benzene rings is 1. The van der Waals surface area contributed by atoms with Crippen LogP contribution in [0.25, 0.3) is 39.1 Å². The molecule has 0 radical (unpaired) electrons. The van der Waals surface area contributed by atoms with E-state index in [9.17, 15) is 0 Å². The van der Waals surface area contributed by atoms with Crippen LogP contribution in [0, 0.1) is 0 Å². The molecular weight excluding hydrogens is 360 g/mol. The molecule has 0 aliphatic rings. The number of allylic oxidation sites excluding steroid dienone is 1. The van der Waals surface area contributed by atoms with Crippen LogP contribution >= 0.6 is 11.6 Å². The summed E-state index contributed by atoms with van der Waals surface area (Å²) in [5, 5.41) is 5.92. The van der Waals surface area contributed by atoms with Crippen LogP contribution in [0.2, 0.25) is 5.02 Å². The highest BCUT2D eigenvalue weighted by Gasteiger charge is 2.19. The Hall–Kier alpha value is -3.25. The van der Waals surface area contributed by atoms with E-state index in [1.165, 1.54) is 0 Å². The molecule has 3 heterocycles. The average molecular weight is 377 g/mol. The summed E-state index contributed by atoms with van der Waals surface area (Å²) in [6, 6.07) is 9.53. The zero-order valence-electron chi connectivity index (χ0n) is 14.9. The van der Waals surface area contributed by atoms with Crippen LogP contribution in [0.5, 0.6) is 0 Å². The van der Waals surface area contributed by atoms with Crippen LogP contribution in [-0.2, 0) is 7.05 Å². The summed E-state index contributed by atoms with van der Waals surface area (Å²) >= 11 is 6.48. The van der Waals surface area contributed by atoms with Crippen molar-refractivity contribution in [1.29, 1.82) is 0 Å². The maximum atomic E-state index is 6.48. The molecule has 0 aliphatic heterocycles. The summed E-state index contributed by atoms with van der Waals surface area (Å²) < 4.78 is 1.71. The Bertz CT molecular complexity index is 1190. The van der Waals surface area contributed by atoms with Gasteiger partial charge in [0.25, 0.3) is 0 Å². The lowest BCUT2D eigenvalue weighted by molar-refractivity contribution is 0.770. The summed E-state index contributed by atoms with van der Waals surface area (Å²) in [6.07, 6.45) is 3.57. The number of aromatic nitrogens is 5. The molecule has 134 valence electrons. The third-order valence-corrected chi connectivity index (χ3v) is 4.50. The standard InChI is InChI=1S/C20H17ClN6/c1-11(2)16-20(22)25-19(15-6-8-27(3)26-15)18(24-16)13-9-12-5-4-7-23-17(12)14(21)10-13/h4-10H,1H2,2-3H3,(H2,22,25). The molecule has 0 spiro atoms. The van der Waals surface area contributed by atoms with Crippen molar-refractivity contribution < 1.29 is 0 Å². The number of pyridine rings is 1. The van der Waals surface area contributed by atoms with E-state index >= 15 is 0 Å². The molecule has 0 saturated heterocycles. The van der Waals surface area contributed by atoms with E-state index in [2.05, 4.69) is 21.6 Å². The number of rotatable bonds is 3. The summed E-state index contributed by atoms with van der Waals surface area (Å²) in [5.41, 5.74) is 10.9. The van der Waals surface area contributed by atoms with Gasteiger partial charge in [0.2, 0.25) is 0 Å². The maximum absolute atomic E-state index is 6.48. The minimum atomic E-state index is 0.320. The number of fused-ring (bicyclic) bond motifs is 1. The van der Waals surface area contributed by atoms with Crippen LogP contribution in [0.4, 0.5) is 5.82 Å². The first kappa shape index (κ1) is 17.2. The normalized spacial score (nSPS) is 11.1. The van der Waals surface area contributed by atoms with Crippen molar-refractivity contribution >= 4 is 33.9 Å². The molecule has 27 heavy (non-hydrogen) atoms. The maximum Gasteiger partial charge on any atom is 0.150 e. The van der Waals surface area contributed by atoms with E-state index in [0.717, 1.165) is 22.0 Å². The molecule has 0 bridgehead atoms. The van der Waals surface area contributed by atoms with Crippen molar-refractivity contribution in [2.45, 2.75) is 6.92 Å². The average Bonchev–Trinajstić information content (AvgIpc) is 3.07. The molecule has 4 rings (SSSR count). The van der Waals surface area contributed by atoms with Crippen LogP contribution < -0.4 is 5.73 Å². The number of aryl methyl sites for hydroxylation is 1. The lowest BCUT2D eigenvalue weighted by atomic mass is 10.0. The van der Waals surface area contributed by atoms with Gasteiger partial charge >= 0.3 is 0 Å². The van der Waals surface area contributed by atoms with Gasteiger partial charge in [0.15, 0.2) is 5.82 Å². The highest BCUT2D eigenvalue weighted by atomic mass is 35.5. The monoisotopic (exact) mass is 376 g/mol. The third-order valence-electron chi connectivity index (χ3n) is 4.22. The molecule has 4 aromatic rings. The van der Waals surface area contributed by atoms with Gasteiger partial charge in [-0.25, -0.2) is 9.97 Å². The van der Waals surface area contributed by atoms with Crippen LogP contribution in [0.15, 0.2) is 49.3 Å². The molecule has 0 amide bonds. The Balaban J connectivity index is 2.03. The molecule has 0 fully saturated rings. The Labute approximate surface area is 161 Å². The van der Waals surface area contributed by atoms with Crippen molar-refractivity contribution in [3.63, 3.8) is 0 Å². The van der Waals surface area contributed by atoms with Crippen LogP contribution in [-0.4, -0.2) is 24.7 Å². The molecule has 3 aromatic heterocycles. The smallest absolute Gasteiger partial charge is 0.150 e. The number of nitrogens with two attached hydrogens (primary N) is 1. The zero-order chi connectivity index (χ0) is 19.1. The van der Waals surface area contributed by atoms with E-state index in [1.807, 2.05) is 50.5 Å². The van der Waals surface area contributed by atoms with Crippen LogP contribution in [0.3, 0.4) is 0 Å². The lowest BCUT2D eigenvalue weighted by Crippen LogP contribution is -2.05. The first-order valence-corrected chi connectivity index (χ1v) is 8.70. The first-order chi connectivity index (χ1) is 12.9. The Morgan fingerprint density at radius 2 is 2.00 bits per heavy atom. The van der Waals surface area contributed by atoms with Crippen molar-refractivity contribution in [2.75, 3.05) is 5.73 Å². The Kier molecular flexibility index (Phi) is 4.12. The minimum absolute atomic E-state index is 0.320. The molecule has 0 aliphatic carbocycles. The van der Waals surface area contributed by atoms with Gasteiger partial charge in [0.05, 0.1) is 16.2 Å². The summed E-state index contributed by atoms with van der Waals surface area (Å²) in [4.78, 5) is 13.7. The van der Waals surface area contributed by atoms with Crippen molar-refractivity contribution in [1.82, 2.24) is 24.7 Å². The third kappa shape index (κ3) is 3.04. The number of halogens is 1. The van der Waals surface area contributed by atoms with E-state index in [4.69, 9.17) is 22.3 Å². The molecule has 0 saturated carbocycles. The fourth-order valence-corrected chi connectivity index (χ4v) is 3.24. The van der Waals surface area contributed by atoms with E-state index in [0.29, 0.717) is 33.6 Å². The second-order valence-corrected chi connectivity index (χ2v) is 6.75. The quantitative estimate of drug-likeness (QED) is 0.574. The number of hydrogen-bond acceptors (Lipinski definition) is 5. The number of hydrogen-bond donors (Lipinski definition) is 1. The fourth-order valence-electron chi connectivity index (χ4n) is 2.97. The highest BCUT2D eigenvalue weighted by molar-refractivity contribution is 6.35. The molecule has 0 unspecified atom stereocenters. The molecule has 6 nitrogen and oxygen atoms in total. The van der Waals surface area contributed by atoms with Crippen LogP contribution in [0.1, 0.15) is 12.6 Å². The number of nitrogen functional groups attached to an aromatic ring is 1.